The lowest BCUT2D eigenvalue weighted by atomic mass is 10.1. The minimum absolute atomic E-state index is 0.0378. The summed E-state index contributed by atoms with van der Waals surface area (Å²) in [4.78, 5) is 10.8. The first kappa shape index (κ1) is 14.0. The molecule has 112 valence electrons. The molecule has 0 aliphatic heterocycles. The number of nitrogens with zero attached hydrogens (tertiary/aromatic N) is 5. The maximum absolute atomic E-state index is 11.2. The number of nitro groups is 1. The van der Waals surface area contributed by atoms with E-state index in [4.69, 9.17) is 0 Å². The van der Waals surface area contributed by atoms with Gasteiger partial charge in [0.25, 0.3) is 5.69 Å². The van der Waals surface area contributed by atoms with E-state index in [1.165, 1.54) is 12.1 Å². The first-order valence-electron chi connectivity index (χ1n) is 6.77. The SMILES string of the molecule is C=Cc1nn(Cc2cc(C)n(C)n2)c2cccc([N+](=O)[O-])c12. The van der Waals surface area contributed by atoms with Crippen LogP contribution in [-0.4, -0.2) is 24.5 Å². The number of hydrogen-bond donors (Lipinski definition) is 0. The number of non-ortho nitro benzene ring substituents is 1. The molecular weight excluding hydrogens is 282 g/mol. The molecule has 0 saturated carbocycles. The summed E-state index contributed by atoms with van der Waals surface area (Å²) in [7, 11) is 1.88. The standard InChI is InChI=1S/C15H15N5O2/c1-4-12-15-13(6-5-7-14(15)20(21)22)19(17-12)9-11-8-10(2)18(3)16-11/h4-8H,1,9H2,2-3H3. The summed E-state index contributed by atoms with van der Waals surface area (Å²) in [6.45, 7) is 6.12. The van der Waals surface area contributed by atoms with Crippen LogP contribution in [0.15, 0.2) is 30.8 Å². The van der Waals surface area contributed by atoms with Gasteiger partial charge in [-0.05, 0) is 25.1 Å². The highest BCUT2D eigenvalue weighted by Crippen LogP contribution is 2.29. The van der Waals surface area contributed by atoms with Gasteiger partial charge < -0.3 is 0 Å². The zero-order valence-corrected chi connectivity index (χ0v) is 12.4. The van der Waals surface area contributed by atoms with Crippen LogP contribution >= 0.6 is 0 Å². The van der Waals surface area contributed by atoms with Crippen LogP contribution in [0.2, 0.25) is 0 Å². The van der Waals surface area contributed by atoms with E-state index < -0.39 is 4.92 Å². The molecule has 3 aromatic rings. The predicted octanol–water partition coefficient (Wildman–Crippen LogP) is 2.68. The Labute approximate surface area is 126 Å². The molecule has 2 aromatic heterocycles. The number of rotatable bonds is 4. The molecular formula is C15H15N5O2. The third kappa shape index (κ3) is 2.16. The lowest BCUT2D eigenvalue weighted by Crippen LogP contribution is -2.03. The summed E-state index contributed by atoms with van der Waals surface area (Å²) in [5.74, 6) is 0. The largest absolute Gasteiger partial charge is 0.281 e. The smallest absolute Gasteiger partial charge is 0.273 e. The van der Waals surface area contributed by atoms with Crippen molar-refractivity contribution in [3.63, 3.8) is 0 Å². The molecule has 7 nitrogen and oxygen atoms in total. The van der Waals surface area contributed by atoms with Crippen molar-refractivity contribution in [2.24, 2.45) is 7.05 Å². The van der Waals surface area contributed by atoms with E-state index in [-0.39, 0.29) is 5.69 Å². The fourth-order valence-electron chi connectivity index (χ4n) is 2.52. The highest BCUT2D eigenvalue weighted by molar-refractivity contribution is 5.94. The quantitative estimate of drug-likeness (QED) is 0.548. The van der Waals surface area contributed by atoms with Crippen molar-refractivity contribution in [2.45, 2.75) is 13.5 Å². The number of hydrogen-bond acceptors (Lipinski definition) is 4. The number of aryl methyl sites for hydroxylation is 2. The van der Waals surface area contributed by atoms with Gasteiger partial charge in [0, 0.05) is 18.8 Å². The van der Waals surface area contributed by atoms with E-state index in [1.807, 2.05) is 26.1 Å². The summed E-state index contributed by atoms with van der Waals surface area (Å²) in [5.41, 5.74) is 3.14. The average Bonchev–Trinajstić information content (AvgIpc) is 3.00. The zero-order chi connectivity index (χ0) is 15.9. The molecule has 0 N–H and O–H groups in total. The van der Waals surface area contributed by atoms with Crippen LogP contribution in [0.25, 0.3) is 17.0 Å². The van der Waals surface area contributed by atoms with Gasteiger partial charge in [0.2, 0.25) is 0 Å². The molecule has 0 unspecified atom stereocenters. The first-order valence-corrected chi connectivity index (χ1v) is 6.77. The van der Waals surface area contributed by atoms with Crippen LogP contribution < -0.4 is 0 Å². The van der Waals surface area contributed by atoms with Crippen LogP contribution in [0.5, 0.6) is 0 Å². The Morgan fingerprint density at radius 1 is 1.41 bits per heavy atom. The molecule has 0 amide bonds. The molecule has 3 rings (SSSR count). The van der Waals surface area contributed by atoms with Gasteiger partial charge in [-0.25, -0.2) is 0 Å². The number of fused-ring (bicyclic) bond motifs is 1. The maximum Gasteiger partial charge on any atom is 0.281 e. The van der Waals surface area contributed by atoms with Gasteiger partial charge in [-0.15, -0.1) is 0 Å². The van der Waals surface area contributed by atoms with Gasteiger partial charge in [0.15, 0.2) is 0 Å². The Bertz CT molecular complexity index is 871. The minimum Gasteiger partial charge on any atom is -0.273 e. The molecule has 0 atom stereocenters. The van der Waals surface area contributed by atoms with E-state index in [9.17, 15) is 10.1 Å². The van der Waals surface area contributed by atoms with Crippen molar-refractivity contribution in [3.8, 4) is 0 Å². The van der Waals surface area contributed by atoms with E-state index >= 15 is 0 Å². The third-order valence-corrected chi connectivity index (χ3v) is 3.65. The number of aromatic nitrogens is 4. The molecule has 0 saturated heterocycles. The molecule has 22 heavy (non-hydrogen) atoms. The Morgan fingerprint density at radius 3 is 2.77 bits per heavy atom. The highest BCUT2D eigenvalue weighted by Gasteiger charge is 2.19. The molecule has 7 heteroatoms. The lowest BCUT2D eigenvalue weighted by Gasteiger charge is -2.00. The molecule has 0 bridgehead atoms. The highest BCUT2D eigenvalue weighted by atomic mass is 16.6. The maximum atomic E-state index is 11.2. The van der Waals surface area contributed by atoms with Gasteiger partial charge in [-0.1, -0.05) is 12.6 Å². The van der Waals surface area contributed by atoms with Crippen LogP contribution in [0, 0.1) is 17.0 Å². The Balaban J connectivity index is 2.16. The van der Waals surface area contributed by atoms with Crippen molar-refractivity contribution in [3.05, 3.63) is 58.0 Å². The summed E-state index contributed by atoms with van der Waals surface area (Å²) in [6, 6.07) is 6.93. The van der Waals surface area contributed by atoms with Gasteiger partial charge >= 0.3 is 0 Å². The molecule has 0 spiro atoms. The van der Waals surface area contributed by atoms with Crippen molar-refractivity contribution in [1.29, 1.82) is 0 Å². The number of nitro benzene ring substituents is 1. The second-order valence-corrected chi connectivity index (χ2v) is 5.08. The van der Waals surface area contributed by atoms with Crippen LogP contribution in [0.3, 0.4) is 0 Å². The fourth-order valence-corrected chi connectivity index (χ4v) is 2.52. The third-order valence-electron chi connectivity index (χ3n) is 3.65. The normalized spacial score (nSPS) is 11.0. The summed E-state index contributed by atoms with van der Waals surface area (Å²) >= 11 is 0. The van der Waals surface area contributed by atoms with Crippen molar-refractivity contribution in [2.75, 3.05) is 0 Å². The molecule has 0 fully saturated rings. The summed E-state index contributed by atoms with van der Waals surface area (Å²) in [6.07, 6.45) is 1.54. The van der Waals surface area contributed by atoms with Gasteiger partial charge in [0.1, 0.15) is 5.39 Å². The van der Waals surface area contributed by atoms with Gasteiger partial charge in [0.05, 0.1) is 28.4 Å². The summed E-state index contributed by atoms with van der Waals surface area (Å²) in [5, 5.41) is 20.6. The van der Waals surface area contributed by atoms with Crippen LogP contribution in [-0.2, 0) is 13.6 Å². The molecule has 0 radical (unpaired) electrons. The van der Waals surface area contributed by atoms with E-state index in [2.05, 4.69) is 16.8 Å². The van der Waals surface area contributed by atoms with E-state index in [0.717, 1.165) is 11.4 Å². The second-order valence-electron chi connectivity index (χ2n) is 5.08. The van der Waals surface area contributed by atoms with Crippen LogP contribution in [0.1, 0.15) is 17.1 Å². The van der Waals surface area contributed by atoms with Gasteiger partial charge in [-0.3, -0.25) is 19.5 Å². The van der Waals surface area contributed by atoms with Crippen LogP contribution in [0.4, 0.5) is 5.69 Å². The average molecular weight is 297 g/mol. The Hall–Kier alpha value is -2.96. The molecule has 2 heterocycles. The van der Waals surface area contributed by atoms with Crippen molar-refractivity contribution < 1.29 is 4.92 Å². The first-order chi connectivity index (χ1) is 10.5. The topological polar surface area (TPSA) is 78.8 Å². The van der Waals surface area contributed by atoms with E-state index in [0.29, 0.717) is 23.1 Å². The monoisotopic (exact) mass is 297 g/mol. The molecule has 1 aromatic carbocycles. The van der Waals surface area contributed by atoms with Gasteiger partial charge in [-0.2, -0.15) is 10.2 Å². The Morgan fingerprint density at radius 2 is 2.18 bits per heavy atom. The van der Waals surface area contributed by atoms with Crippen molar-refractivity contribution >= 4 is 22.7 Å². The lowest BCUT2D eigenvalue weighted by molar-refractivity contribution is -0.383. The van der Waals surface area contributed by atoms with Crippen molar-refractivity contribution in [1.82, 2.24) is 19.6 Å². The Kier molecular flexibility index (Phi) is 3.25. The minimum atomic E-state index is -0.397. The second kappa shape index (κ2) is 5.10. The summed E-state index contributed by atoms with van der Waals surface area (Å²) < 4.78 is 3.51. The number of benzene rings is 1. The molecule has 0 aliphatic carbocycles. The fraction of sp³-hybridized carbons (Fsp3) is 0.200. The predicted molar refractivity (Wildman–Crippen MR) is 83.5 cm³/mol. The van der Waals surface area contributed by atoms with E-state index in [1.54, 1.807) is 15.4 Å². The molecule has 0 aliphatic rings. The zero-order valence-electron chi connectivity index (χ0n) is 12.4.